The fourth-order valence-corrected chi connectivity index (χ4v) is 8.11. The number of amides is 2. The largest absolute Gasteiger partial charge is 0.497 e. The molecule has 14 heteroatoms. The third kappa shape index (κ3) is 7.80. The summed E-state index contributed by atoms with van der Waals surface area (Å²) in [6.45, 7) is 12.9. The Hall–Kier alpha value is -3.91. The van der Waals surface area contributed by atoms with Crippen molar-refractivity contribution in [2.24, 2.45) is 23.2 Å². The standard InChI is InChI=1S/C35H51BN6O7/c1-20(2)15-30(36-48-29-19-25-18-28(34(25,4)5)35(29,6)49-36)40-32(44)27(9-8-14-38-33(37)41-42(45)46)39-31(43)21(3)22-10-11-24-17-26(47-7)13-12-23(24)16-22/h10-13,16-17,20-21,25,27-30H,8-9,14-15,18-19H2,1-7H3,(H,39,43)(H,40,44)(H3,37,38,41)/t21-,25-,27-,28-,29+,30-,35-/m0/s1. The number of nitrogens with one attached hydrogen (secondary N) is 5. The summed E-state index contributed by atoms with van der Waals surface area (Å²) < 4.78 is 18.6. The highest BCUT2D eigenvalue weighted by Crippen LogP contribution is 2.65. The van der Waals surface area contributed by atoms with E-state index in [1.807, 2.05) is 36.4 Å². The SMILES string of the molecule is COc1ccc2cc([C@H](C)C(=O)N[C@@H](CCCNC(=N)N[N+](=O)[O-])C(=O)N[C@@H](CC(C)C)B3O[C@@H]4C[C@@H]5C[C@@H](C5(C)C)[C@]4(C)O3)ccc2c1. The molecule has 266 valence electrons. The number of hydrogen-bond acceptors (Lipinski definition) is 8. The van der Waals surface area contributed by atoms with Gasteiger partial charge in [0.05, 0.1) is 30.7 Å². The Bertz CT molecular complexity index is 1570. The Labute approximate surface area is 288 Å². The summed E-state index contributed by atoms with van der Waals surface area (Å²) in [5.74, 6) is -0.140. The minimum atomic E-state index is -0.903. The highest BCUT2D eigenvalue weighted by atomic mass is 16.7. The quantitative estimate of drug-likeness (QED) is 0.0486. The van der Waals surface area contributed by atoms with Crippen LogP contribution in [0.15, 0.2) is 36.4 Å². The minimum Gasteiger partial charge on any atom is -0.497 e. The first-order valence-electron chi connectivity index (χ1n) is 17.4. The molecule has 1 saturated heterocycles. The van der Waals surface area contributed by atoms with E-state index in [1.165, 1.54) is 0 Å². The number of hydrogen-bond donors (Lipinski definition) is 5. The van der Waals surface area contributed by atoms with Crippen molar-refractivity contribution in [3.05, 3.63) is 52.1 Å². The number of nitrogens with zero attached hydrogens (tertiary/aromatic N) is 1. The molecule has 6 rings (SSSR count). The number of fused-ring (bicyclic) bond motifs is 1. The molecule has 3 aliphatic carbocycles. The van der Waals surface area contributed by atoms with Crippen molar-refractivity contribution in [2.45, 2.75) is 103 Å². The lowest BCUT2D eigenvalue weighted by atomic mass is 9.43. The average Bonchev–Trinajstić information content (AvgIpc) is 3.41. The average molecular weight is 679 g/mol. The Morgan fingerprint density at radius 3 is 2.47 bits per heavy atom. The summed E-state index contributed by atoms with van der Waals surface area (Å²) in [5.41, 5.74) is 2.32. The molecule has 13 nitrogen and oxygen atoms in total. The zero-order valence-corrected chi connectivity index (χ0v) is 29.6. The van der Waals surface area contributed by atoms with Crippen LogP contribution in [0.25, 0.3) is 10.8 Å². The molecule has 7 atom stereocenters. The molecule has 1 heterocycles. The molecule has 5 N–H and O–H groups in total. The van der Waals surface area contributed by atoms with Gasteiger partial charge in [0.25, 0.3) is 5.96 Å². The van der Waals surface area contributed by atoms with E-state index in [4.69, 9.17) is 19.5 Å². The van der Waals surface area contributed by atoms with Crippen molar-refractivity contribution in [3.63, 3.8) is 0 Å². The monoisotopic (exact) mass is 678 g/mol. The molecule has 1 aliphatic heterocycles. The van der Waals surface area contributed by atoms with E-state index in [0.717, 1.165) is 34.9 Å². The smallest absolute Gasteiger partial charge is 0.481 e. The highest BCUT2D eigenvalue weighted by molar-refractivity contribution is 6.48. The van der Waals surface area contributed by atoms with Gasteiger partial charge in [-0.25, -0.2) is 10.1 Å². The van der Waals surface area contributed by atoms with Crippen molar-refractivity contribution in [1.82, 2.24) is 21.4 Å². The molecular formula is C35H51BN6O7. The highest BCUT2D eigenvalue weighted by Gasteiger charge is 2.68. The number of rotatable bonds is 14. The number of methoxy groups -OCH3 is 1. The summed E-state index contributed by atoms with van der Waals surface area (Å²) in [6, 6.07) is 10.7. The van der Waals surface area contributed by atoms with E-state index in [2.05, 4.69) is 50.6 Å². The molecule has 4 fully saturated rings. The number of benzene rings is 2. The number of hydrazine groups is 1. The maximum Gasteiger partial charge on any atom is 0.481 e. The Kier molecular flexibility index (Phi) is 10.8. The number of carbonyl (C=O) groups excluding carboxylic acids is 2. The van der Waals surface area contributed by atoms with Crippen LogP contribution in [0.3, 0.4) is 0 Å². The molecule has 0 aromatic heterocycles. The minimum absolute atomic E-state index is 0.0330. The van der Waals surface area contributed by atoms with E-state index in [0.29, 0.717) is 24.7 Å². The Balaban J connectivity index is 1.30. The lowest BCUT2D eigenvalue weighted by Crippen LogP contribution is -2.65. The molecular weight excluding hydrogens is 627 g/mol. The van der Waals surface area contributed by atoms with Crippen molar-refractivity contribution < 1.29 is 28.7 Å². The zero-order valence-electron chi connectivity index (χ0n) is 29.6. The van der Waals surface area contributed by atoms with Crippen LogP contribution in [0.4, 0.5) is 0 Å². The van der Waals surface area contributed by atoms with Gasteiger partial charge in [-0.05, 0) is 97.6 Å². The second-order valence-corrected chi connectivity index (χ2v) is 15.2. The van der Waals surface area contributed by atoms with Gasteiger partial charge in [-0.3, -0.25) is 15.0 Å². The second kappa shape index (κ2) is 14.5. The third-order valence-electron chi connectivity index (χ3n) is 11.1. The molecule has 4 aliphatic rings. The molecule has 0 unspecified atom stereocenters. The van der Waals surface area contributed by atoms with Crippen LogP contribution in [0, 0.1) is 38.7 Å². The van der Waals surface area contributed by atoms with E-state index in [1.54, 1.807) is 19.5 Å². The molecule has 3 saturated carbocycles. The van der Waals surface area contributed by atoms with E-state index >= 15 is 0 Å². The lowest BCUT2D eigenvalue weighted by Gasteiger charge is -2.64. The first kappa shape index (κ1) is 36.4. The predicted octanol–water partition coefficient (Wildman–Crippen LogP) is 4.32. The zero-order chi connectivity index (χ0) is 35.7. The normalized spacial score (nSPS) is 25.4. The Morgan fingerprint density at radius 2 is 1.80 bits per heavy atom. The maximum absolute atomic E-state index is 14.1. The molecule has 49 heavy (non-hydrogen) atoms. The van der Waals surface area contributed by atoms with Crippen molar-refractivity contribution >= 4 is 35.7 Å². The van der Waals surface area contributed by atoms with Gasteiger partial charge in [-0.2, -0.15) is 0 Å². The third-order valence-corrected chi connectivity index (χ3v) is 11.1. The van der Waals surface area contributed by atoms with Crippen LogP contribution >= 0.6 is 0 Å². The van der Waals surface area contributed by atoms with Gasteiger partial charge in [0.15, 0.2) is 5.03 Å². The predicted molar refractivity (Wildman–Crippen MR) is 187 cm³/mol. The summed E-state index contributed by atoms with van der Waals surface area (Å²) >= 11 is 0. The summed E-state index contributed by atoms with van der Waals surface area (Å²) in [4.78, 5) is 38.4. The second-order valence-electron chi connectivity index (χ2n) is 15.2. The van der Waals surface area contributed by atoms with Gasteiger partial charge < -0.3 is 30.0 Å². The van der Waals surface area contributed by atoms with Crippen LogP contribution in [-0.4, -0.2) is 67.3 Å². The molecule has 2 aromatic carbocycles. The Morgan fingerprint density at radius 1 is 1.08 bits per heavy atom. The van der Waals surface area contributed by atoms with Crippen molar-refractivity contribution in [2.75, 3.05) is 13.7 Å². The van der Waals surface area contributed by atoms with Crippen LogP contribution in [0.5, 0.6) is 5.75 Å². The van der Waals surface area contributed by atoms with E-state index in [9.17, 15) is 19.7 Å². The molecule has 2 bridgehead atoms. The summed E-state index contributed by atoms with van der Waals surface area (Å²) in [6.07, 6.45) is 3.24. The number of guanidine groups is 1. The fourth-order valence-electron chi connectivity index (χ4n) is 8.11. The lowest BCUT2D eigenvalue weighted by molar-refractivity contribution is -0.525. The van der Waals surface area contributed by atoms with Crippen LogP contribution in [0.1, 0.15) is 85.1 Å². The van der Waals surface area contributed by atoms with E-state index < -0.39 is 41.6 Å². The van der Waals surface area contributed by atoms with Crippen molar-refractivity contribution in [3.8, 4) is 5.75 Å². The summed E-state index contributed by atoms with van der Waals surface area (Å²) in [7, 11) is 1.00. The van der Waals surface area contributed by atoms with Crippen molar-refractivity contribution in [1.29, 1.82) is 5.41 Å². The van der Waals surface area contributed by atoms with Crippen LogP contribution < -0.4 is 26.1 Å². The van der Waals surface area contributed by atoms with Gasteiger partial charge in [0.2, 0.25) is 11.8 Å². The van der Waals surface area contributed by atoms with Crippen LogP contribution in [0.2, 0.25) is 0 Å². The molecule has 2 amide bonds. The molecule has 0 spiro atoms. The van der Waals surface area contributed by atoms with Gasteiger partial charge in [0, 0.05) is 6.54 Å². The van der Waals surface area contributed by atoms with Gasteiger partial charge in [-0.15, -0.1) is 0 Å². The fraction of sp³-hybridized carbons (Fsp3) is 0.629. The van der Waals surface area contributed by atoms with Crippen LogP contribution in [-0.2, 0) is 18.9 Å². The maximum atomic E-state index is 14.1. The summed E-state index contributed by atoms with van der Waals surface area (Å²) in [5, 5.41) is 28.3. The topological polar surface area (TPSA) is 177 Å². The van der Waals surface area contributed by atoms with Gasteiger partial charge in [-0.1, -0.05) is 57.4 Å². The molecule has 0 radical (unpaired) electrons. The number of ether oxygens (including phenoxy) is 1. The number of nitro groups is 1. The van der Waals surface area contributed by atoms with Gasteiger partial charge >= 0.3 is 7.12 Å². The van der Waals surface area contributed by atoms with Gasteiger partial charge in [0.1, 0.15) is 11.8 Å². The molecule has 2 aromatic rings. The number of carbonyl (C=O) groups is 2. The van der Waals surface area contributed by atoms with E-state index in [-0.39, 0.29) is 42.2 Å². The first-order chi connectivity index (χ1) is 23.1. The first-order valence-corrected chi connectivity index (χ1v) is 17.4.